The van der Waals surface area contributed by atoms with E-state index < -0.39 is 0 Å². The smallest absolute Gasteiger partial charge is 0.293 e. The van der Waals surface area contributed by atoms with Gasteiger partial charge in [-0.25, -0.2) is 0 Å². The summed E-state index contributed by atoms with van der Waals surface area (Å²) in [7, 11) is 0. The Morgan fingerprint density at radius 1 is 1.17 bits per heavy atom. The fourth-order valence-electron chi connectivity index (χ4n) is 4.29. The molecule has 154 valence electrons. The van der Waals surface area contributed by atoms with E-state index in [2.05, 4.69) is 25.9 Å². The first-order valence-corrected chi connectivity index (χ1v) is 10.1. The molecule has 0 atom stereocenters. The van der Waals surface area contributed by atoms with Crippen LogP contribution in [0.25, 0.3) is 0 Å². The number of fused-ring (bicyclic) bond motifs is 1. The van der Waals surface area contributed by atoms with E-state index in [4.69, 9.17) is 0 Å². The maximum atomic E-state index is 13.1. The largest absolute Gasteiger partial charge is 0.366 e. The first-order chi connectivity index (χ1) is 13.8. The van der Waals surface area contributed by atoms with Gasteiger partial charge >= 0.3 is 0 Å². The lowest BCUT2D eigenvalue weighted by Crippen LogP contribution is -2.37. The summed E-state index contributed by atoms with van der Waals surface area (Å²) in [5.74, 6) is -0.171. The molecular weight excluding hydrogens is 370 g/mol. The van der Waals surface area contributed by atoms with E-state index in [0.717, 1.165) is 43.6 Å². The number of nitro benzene ring substituents is 1. The topological polar surface area (TPSA) is 84.5 Å². The van der Waals surface area contributed by atoms with Crippen LogP contribution in [0.5, 0.6) is 0 Å². The molecule has 3 heterocycles. The lowest BCUT2D eigenvalue weighted by Gasteiger charge is -2.30. The number of nitro groups is 1. The molecule has 0 spiro atoms. The van der Waals surface area contributed by atoms with Crippen LogP contribution >= 0.6 is 0 Å². The number of benzene rings is 1. The normalized spacial score (nSPS) is 16.8. The van der Waals surface area contributed by atoms with E-state index in [1.54, 1.807) is 17.0 Å². The summed E-state index contributed by atoms with van der Waals surface area (Å²) in [6.45, 7) is 9.03. The molecule has 0 aliphatic carbocycles. The van der Waals surface area contributed by atoms with Crippen molar-refractivity contribution < 1.29 is 9.72 Å². The molecule has 0 N–H and O–H groups in total. The van der Waals surface area contributed by atoms with Crippen LogP contribution < -0.4 is 4.90 Å². The van der Waals surface area contributed by atoms with E-state index in [0.29, 0.717) is 24.3 Å². The number of rotatable bonds is 3. The van der Waals surface area contributed by atoms with Gasteiger partial charge < -0.3 is 9.80 Å². The fourth-order valence-corrected chi connectivity index (χ4v) is 4.29. The zero-order chi connectivity index (χ0) is 20.8. The van der Waals surface area contributed by atoms with Gasteiger partial charge in [0.15, 0.2) is 0 Å². The second-order valence-electron chi connectivity index (χ2n) is 8.83. The average Bonchev–Trinajstić information content (AvgIpc) is 3.35. The van der Waals surface area contributed by atoms with Crippen molar-refractivity contribution in [2.75, 3.05) is 24.5 Å². The zero-order valence-corrected chi connectivity index (χ0v) is 17.2. The third-order valence-corrected chi connectivity index (χ3v) is 5.72. The summed E-state index contributed by atoms with van der Waals surface area (Å²) in [6.07, 6.45) is 4.64. The predicted octanol–water partition coefficient (Wildman–Crippen LogP) is 3.35. The van der Waals surface area contributed by atoms with Crippen LogP contribution in [0.1, 0.15) is 55.2 Å². The van der Waals surface area contributed by atoms with Crippen molar-refractivity contribution in [3.05, 3.63) is 51.3 Å². The monoisotopic (exact) mass is 397 g/mol. The van der Waals surface area contributed by atoms with Crippen LogP contribution in [0.15, 0.2) is 24.4 Å². The van der Waals surface area contributed by atoms with Crippen LogP contribution in [-0.2, 0) is 18.5 Å². The van der Waals surface area contributed by atoms with Crippen molar-refractivity contribution in [2.24, 2.45) is 0 Å². The van der Waals surface area contributed by atoms with Crippen molar-refractivity contribution in [1.29, 1.82) is 0 Å². The zero-order valence-electron chi connectivity index (χ0n) is 17.2. The Morgan fingerprint density at radius 2 is 1.90 bits per heavy atom. The van der Waals surface area contributed by atoms with Gasteiger partial charge in [-0.1, -0.05) is 0 Å². The van der Waals surface area contributed by atoms with Gasteiger partial charge in [-0.2, -0.15) is 5.10 Å². The highest BCUT2D eigenvalue weighted by molar-refractivity contribution is 5.96. The van der Waals surface area contributed by atoms with Crippen molar-refractivity contribution in [2.45, 2.75) is 52.1 Å². The van der Waals surface area contributed by atoms with Crippen molar-refractivity contribution in [3.8, 4) is 0 Å². The summed E-state index contributed by atoms with van der Waals surface area (Å²) in [6, 6.07) is 4.88. The maximum Gasteiger partial charge on any atom is 0.293 e. The number of carbonyl (C=O) groups is 1. The Balaban J connectivity index is 1.58. The Labute approximate surface area is 170 Å². The molecule has 1 aromatic heterocycles. The quantitative estimate of drug-likeness (QED) is 0.586. The van der Waals surface area contributed by atoms with E-state index >= 15 is 0 Å². The van der Waals surface area contributed by atoms with Gasteiger partial charge in [0.2, 0.25) is 0 Å². The molecule has 29 heavy (non-hydrogen) atoms. The number of hydrogen-bond donors (Lipinski definition) is 0. The summed E-state index contributed by atoms with van der Waals surface area (Å²) in [4.78, 5) is 28.1. The van der Waals surface area contributed by atoms with Gasteiger partial charge in [0, 0.05) is 55.5 Å². The van der Waals surface area contributed by atoms with Crippen molar-refractivity contribution in [1.82, 2.24) is 14.7 Å². The summed E-state index contributed by atoms with van der Waals surface area (Å²) < 4.78 is 2.03. The lowest BCUT2D eigenvalue weighted by molar-refractivity contribution is -0.384. The third kappa shape index (κ3) is 3.59. The number of amides is 1. The number of anilines is 1. The van der Waals surface area contributed by atoms with Crippen LogP contribution in [-0.4, -0.2) is 45.1 Å². The lowest BCUT2D eigenvalue weighted by atomic mass is 10.0. The van der Waals surface area contributed by atoms with Gasteiger partial charge in [0.25, 0.3) is 11.6 Å². The van der Waals surface area contributed by atoms with Crippen molar-refractivity contribution in [3.63, 3.8) is 0 Å². The van der Waals surface area contributed by atoms with E-state index in [-0.39, 0.29) is 22.1 Å². The van der Waals surface area contributed by atoms with E-state index in [1.807, 2.05) is 15.8 Å². The molecule has 2 aliphatic heterocycles. The Bertz CT molecular complexity index is 954. The van der Waals surface area contributed by atoms with Gasteiger partial charge in [-0.05, 0) is 45.7 Å². The van der Waals surface area contributed by atoms with E-state index in [1.165, 1.54) is 6.07 Å². The summed E-state index contributed by atoms with van der Waals surface area (Å²) in [5, 5.41) is 16.1. The number of nitrogens with zero attached hydrogens (tertiary/aromatic N) is 5. The van der Waals surface area contributed by atoms with Crippen LogP contribution in [0.2, 0.25) is 0 Å². The molecule has 1 amide bonds. The molecule has 0 saturated carbocycles. The van der Waals surface area contributed by atoms with Gasteiger partial charge in [0.05, 0.1) is 16.7 Å². The first kappa shape index (κ1) is 19.4. The maximum absolute atomic E-state index is 13.1. The number of carbonyl (C=O) groups excluding carboxylic acids is 1. The predicted molar refractivity (Wildman–Crippen MR) is 110 cm³/mol. The molecule has 8 nitrogen and oxygen atoms in total. The number of aromatic nitrogens is 2. The minimum absolute atomic E-state index is 0.0102. The molecule has 1 aromatic carbocycles. The van der Waals surface area contributed by atoms with Crippen LogP contribution in [0.3, 0.4) is 0 Å². The average molecular weight is 397 g/mol. The second-order valence-corrected chi connectivity index (χ2v) is 8.83. The van der Waals surface area contributed by atoms with Crippen LogP contribution in [0.4, 0.5) is 11.4 Å². The molecule has 2 aromatic rings. The molecule has 0 unspecified atom stereocenters. The first-order valence-electron chi connectivity index (χ1n) is 10.1. The van der Waals surface area contributed by atoms with Gasteiger partial charge in [-0.3, -0.25) is 19.6 Å². The molecule has 0 radical (unpaired) electrons. The fraction of sp³-hybridized carbons (Fsp3) is 0.524. The van der Waals surface area contributed by atoms with Gasteiger partial charge in [0.1, 0.15) is 5.69 Å². The minimum Gasteiger partial charge on any atom is -0.366 e. The summed E-state index contributed by atoms with van der Waals surface area (Å²) >= 11 is 0. The molecule has 1 saturated heterocycles. The Morgan fingerprint density at radius 3 is 2.55 bits per heavy atom. The second kappa shape index (κ2) is 7.17. The highest BCUT2D eigenvalue weighted by Crippen LogP contribution is 2.32. The van der Waals surface area contributed by atoms with Crippen LogP contribution in [0, 0.1) is 10.1 Å². The Hall–Kier alpha value is -2.90. The molecule has 1 fully saturated rings. The standard InChI is InChI=1S/C21H27N5O3/c1-21(2,3)25-17-8-11-24(14-16(17)13-22-25)20(27)15-6-7-18(19(12-15)26(28)29)23-9-4-5-10-23/h6-7,12-13H,4-5,8-11,14H2,1-3H3. The molecule has 0 bridgehead atoms. The molecule has 4 rings (SSSR count). The molecular formula is C21H27N5O3. The highest BCUT2D eigenvalue weighted by Gasteiger charge is 2.30. The molecule has 8 heteroatoms. The summed E-state index contributed by atoms with van der Waals surface area (Å²) in [5.41, 5.74) is 3.09. The van der Waals surface area contributed by atoms with Gasteiger partial charge in [-0.15, -0.1) is 0 Å². The van der Waals surface area contributed by atoms with Crippen molar-refractivity contribution >= 4 is 17.3 Å². The van der Waals surface area contributed by atoms with E-state index in [9.17, 15) is 14.9 Å². The molecule has 2 aliphatic rings. The third-order valence-electron chi connectivity index (χ3n) is 5.72. The number of hydrogen-bond acceptors (Lipinski definition) is 5. The minimum atomic E-state index is -0.383. The Kier molecular flexibility index (Phi) is 4.80. The SMILES string of the molecule is CC(C)(C)n1ncc2c1CCN(C(=O)c1ccc(N3CCCC3)c([N+](=O)[O-])c1)C2. The highest BCUT2D eigenvalue weighted by atomic mass is 16.6.